The molecule has 0 fully saturated rings. The molecule has 240 valence electrons. The lowest BCUT2D eigenvalue weighted by Gasteiger charge is -2.05. The van der Waals surface area contributed by atoms with Gasteiger partial charge in [-0.1, -0.05) is 66.6 Å². The Labute approximate surface area is 267 Å². The largest absolute Gasteiger partial charge is 0.494 e. The minimum atomic E-state index is -2.29. The van der Waals surface area contributed by atoms with Crippen LogP contribution in [0.3, 0.4) is 0 Å². The molecule has 1 aromatic heterocycles. The molecule has 1 aliphatic carbocycles. The number of hydrogen-bond donors (Lipinski definition) is 1. The molecule has 4 nitrogen and oxygen atoms in total. The second kappa shape index (κ2) is 27.8. The zero-order chi connectivity index (χ0) is 33.0. The number of alkyl halides is 3. The van der Waals surface area contributed by atoms with E-state index in [-0.39, 0.29) is 13.0 Å². The molecule has 2 N–H and O–H groups in total. The molecule has 9 heteroatoms. The zero-order valence-electron chi connectivity index (χ0n) is 26.3. The predicted octanol–water partition coefficient (Wildman–Crippen LogP) is 11.0. The molecule has 0 radical (unpaired) electrons. The Morgan fingerprint density at radius 1 is 1.09 bits per heavy atom. The standard InChI is InChI=1S/C24H24Cl2F2N2O.C4H8.C3H6.C2H7N.CH3F/c1-2-30-16-22(20-12-10-18(25)15-21(20)26)29-24(30)13-9-17-5-3-6-19(11-8-17)31-14-4-7-23(27)28;1-3-4-2;1-3-2;1-2-3;1-2/h3,6,8-13,15-16,23H,2,4-5,7,14H2,1H3;3-4H,1-2H3;3H,1H2,2H3;2-3H2,1H3;1H3/b13-9+;4-3-;;;. The van der Waals surface area contributed by atoms with Crippen LogP contribution in [0.25, 0.3) is 17.3 Å². The summed E-state index contributed by atoms with van der Waals surface area (Å²) in [4.78, 5) is 4.73. The van der Waals surface area contributed by atoms with Crippen LogP contribution in [0.4, 0.5) is 13.2 Å². The molecule has 0 saturated heterocycles. The molecule has 0 unspecified atom stereocenters. The first kappa shape index (κ1) is 42.1. The molecule has 3 rings (SSSR count). The summed E-state index contributed by atoms with van der Waals surface area (Å²) in [5.74, 6) is 1.50. The molecule has 1 heterocycles. The summed E-state index contributed by atoms with van der Waals surface area (Å²) in [5, 5.41) is 1.15. The van der Waals surface area contributed by atoms with E-state index in [1.165, 1.54) is 0 Å². The first-order valence-corrected chi connectivity index (χ1v) is 14.9. The van der Waals surface area contributed by atoms with E-state index in [9.17, 15) is 13.2 Å². The first-order valence-electron chi connectivity index (χ1n) is 14.1. The van der Waals surface area contributed by atoms with Crippen molar-refractivity contribution in [3.05, 3.63) is 107 Å². The smallest absolute Gasteiger partial charge is 0.238 e. The number of imidazole rings is 1. The van der Waals surface area contributed by atoms with Crippen LogP contribution < -0.4 is 5.73 Å². The third-order valence-corrected chi connectivity index (χ3v) is 5.62. The van der Waals surface area contributed by atoms with Gasteiger partial charge in [0.25, 0.3) is 0 Å². The van der Waals surface area contributed by atoms with Crippen molar-refractivity contribution < 1.29 is 17.9 Å². The van der Waals surface area contributed by atoms with Crippen molar-refractivity contribution in [2.75, 3.05) is 20.3 Å². The van der Waals surface area contributed by atoms with Crippen LogP contribution in [0.1, 0.15) is 59.7 Å². The second-order valence-electron chi connectivity index (χ2n) is 8.51. The van der Waals surface area contributed by atoms with Gasteiger partial charge in [-0.25, -0.2) is 13.8 Å². The molecule has 1 aromatic carbocycles. The van der Waals surface area contributed by atoms with Crippen molar-refractivity contribution >= 4 is 29.3 Å². The van der Waals surface area contributed by atoms with E-state index in [0.717, 1.165) is 42.2 Å². The summed E-state index contributed by atoms with van der Waals surface area (Å²) in [5.41, 5.74) is 7.55. The highest BCUT2D eigenvalue weighted by Crippen LogP contribution is 2.30. The highest BCUT2D eigenvalue weighted by atomic mass is 35.5. The number of nitrogens with two attached hydrogens (primary N) is 1. The first-order chi connectivity index (χ1) is 20.7. The topological polar surface area (TPSA) is 53.1 Å². The minimum Gasteiger partial charge on any atom is -0.494 e. The number of ether oxygens (including phenoxy) is 1. The minimum absolute atomic E-state index is 0.145. The van der Waals surface area contributed by atoms with Crippen LogP contribution in [0.5, 0.6) is 0 Å². The van der Waals surface area contributed by atoms with Crippen molar-refractivity contribution in [2.24, 2.45) is 5.73 Å². The van der Waals surface area contributed by atoms with Gasteiger partial charge in [-0.15, -0.1) is 6.58 Å². The van der Waals surface area contributed by atoms with Gasteiger partial charge in [0.15, 0.2) is 0 Å². The summed E-state index contributed by atoms with van der Waals surface area (Å²) in [6.45, 7) is 15.0. The highest BCUT2D eigenvalue weighted by Gasteiger charge is 2.11. The fourth-order valence-corrected chi connectivity index (χ4v) is 3.60. The molecule has 0 bridgehead atoms. The van der Waals surface area contributed by atoms with Crippen molar-refractivity contribution in [3.63, 3.8) is 0 Å². The van der Waals surface area contributed by atoms with E-state index in [0.29, 0.717) is 29.4 Å². The van der Waals surface area contributed by atoms with E-state index in [2.05, 4.69) is 18.1 Å². The predicted molar refractivity (Wildman–Crippen MR) is 182 cm³/mol. The van der Waals surface area contributed by atoms with Crippen molar-refractivity contribution in [1.29, 1.82) is 0 Å². The van der Waals surface area contributed by atoms with Gasteiger partial charge in [-0.2, -0.15) is 0 Å². The quantitative estimate of drug-likeness (QED) is 0.219. The zero-order valence-corrected chi connectivity index (χ0v) is 27.8. The Hall–Kier alpha value is -3.00. The monoisotopic (exact) mass is 641 g/mol. The number of nitrogens with zero attached hydrogens (tertiary/aromatic N) is 2. The van der Waals surface area contributed by atoms with E-state index in [1.807, 2.05) is 88.6 Å². The number of benzene rings is 1. The summed E-state index contributed by atoms with van der Waals surface area (Å²) in [6.07, 6.45) is 18.0. The fraction of sp³-hybridized carbons (Fsp3) is 0.382. The second-order valence-corrected chi connectivity index (χ2v) is 9.35. The van der Waals surface area contributed by atoms with E-state index in [4.69, 9.17) is 38.7 Å². The Kier molecular flexibility index (Phi) is 27.2. The van der Waals surface area contributed by atoms with Gasteiger partial charge in [-0.3, -0.25) is 4.39 Å². The molecule has 2 aromatic rings. The van der Waals surface area contributed by atoms with Crippen molar-refractivity contribution in [3.8, 4) is 11.3 Å². The van der Waals surface area contributed by atoms with Gasteiger partial charge in [0.2, 0.25) is 6.43 Å². The SMILES string of the molecule is C/C=C\C.C=CC.CCN.CCn1cc(-c2ccc(Cl)cc2Cl)nc1/C=C/C1=CC=C(OCCCC(F)F)C=CC1.CF. The lowest BCUT2D eigenvalue weighted by molar-refractivity contribution is 0.118. The van der Waals surface area contributed by atoms with Crippen LogP contribution in [0.15, 0.2) is 90.9 Å². The maximum Gasteiger partial charge on any atom is 0.238 e. The van der Waals surface area contributed by atoms with Gasteiger partial charge in [0.1, 0.15) is 11.6 Å². The number of aryl methyl sites for hydroxylation is 1. The molecule has 43 heavy (non-hydrogen) atoms. The lowest BCUT2D eigenvalue weighted by atomic mass is 10.1. The van der Waals surface area contributed by atoms with Gasteiger partial charge < -0.3 is 15.0 Å². The van der Waals surface area contributed by atoms with Crippen LogP contribution in [0.2, 0.25) is 10.0 Å². The molecular formula is C34H48Cl2F3N3O. The lowest BCUT2D eigenvalue weighted by Crippen LogP contribution is -1.97. The number of aromatic nitrogens is 2. The van der Waals surface area contributed by atoms with Gasteiger partial charge in [-0.05, 0) is 89.1 Å². The summed E-state index contributed by atoms with van der Waals surface area (Å²) in [7, 11) is 0.500. The average molecular weight is 643 g/mol. The van der Waals surface area contributed by atoms with Crippen LogP contribution in [0, 0.1) is 0 Å². The third kappa shape index (κ3) is 19.7. The third-order valence-electron chi connectivity index (χ3n) is 5.07. The van der Waals surface area contributed by atoms with E-state index >= 15 is 0 Å². The normalized spacial score (nSPS) is 11.9. The number of rotatable bonds is 9. The fourth-order valence-electron chi connectivity index (χ4n) is 3.10. The van der Waals surface area contributed by atoms with E-state index in [1.54, 1.807) is 18.2 Å². The molecule has 1 aliphatic rings. The summed E-state index contributed by atoms with van der Waals surface area (Å²) < 4.78 is 41.5. The Morgan fingerprint density at radius 3 is 2.26 bits per heavy atom. The maximum absolute atomic E-state index is 12.2. The van der Waals surface area contributed by atoms with Crippen molar-refractivity contribution in [2.45, 2.75) is 66.9 Å². The highest BCUT2D eigenvalue weighted by molar-refractivity contribution is 6.36. The van der Waals surface area contributed by atoms with Crippen LogP contribution >= 0.6 is 23.2 Å². The van der Waals surface area contributed by atoms with Crippen molar-refractivity contribution in [1.82, 2.24) is 9.55 Å². The Bertz CT molecular complexity index is 1170. The number of hydrogen-bond acceptors (Lipinski definition) is 3. The number of halogens is 5. The van der Waals surface area contributed by atoms with Gasteiger partial charge in [0, 0.05) is 29.7 Å². The molecular weight excluding hydrogens is 594 g/mol. The van der Waals surface area contributed by atoms with E-state index < -0.39 is 6.43 Å². The summed E-state index contributed by atoms with van der Waals surface area (Å²) >= 11 is 12.3. The molecule has 0 aliphatic heterocycles. The Morgan fingerprint density at radius 2 is 1.72 bits per heavy atom. The average Bonchev–Trinajstić information content (AvgIpc) is 3.26. The molecule has 0 amide bonds. The maximum atomic E-state index is 12.2. The molecule has 0 spiro atoms. The van der Waals surface area contributed by atoms with Gasteiger partial charge in [0.05, 0.1) is 24.5 Å². The molecule has 0 atom stereocenters. The van der Waals surface area contributed by atoms with Crippen LogP contribution in [-0.4, -0.2) is 36.3 Å². The number of allylic oxidation sites excluding steroid dienone is 9. The van der Waals surface area contributed by atoms with Crippen LogP contribution in [-0.2, 0) is 11.3 Å². The Balaban J connectivity index is 0. The summed E-state index contributed by atoms with van der Waals surface area (Å²) in [6, 6.07) is 5.37. The van der Waals surface area contributed by atoms with Gasteiger partial charge >= 0.3 is 0 Å². The molecule has 0 saturated carbocycles.